The fourth-order valence-electron chi connectivity index (χ4n) is 6.72. The molecule has 0 bridgehead atoms. The van der Waals surface area contributed by atoms with Gasteiger partial charge in [0, 0.05) is 36.0 Å². The molecular weight excluding hydrogens is 777 g/mol. The van der Waals surface area contributed by atoms with Crippen molar-refractivity contribution in [1.82, 2.24) is 9.80 Å². The Morgan fingerprint density at radius 2 is 0.931 bits per heavy atom. The van der Waals surface area contributed by atoms with Crippen LogP contribution in [0.1, 0.15) is 34.5 Å². The molecule has 6 rings (SSSR count). The summed E-state index contributed by atoms with van der Waals surface area (Å²) in [5.74, 6) is -0.896. The maximum absolute atomic E-state index is 14.5. The number of thioether (sulfide) groups is 2. The number of benzene rings is 4. The van der Waals surface area contributed by atoms with Crippen LogP contribution in [0.15, 0.2) is 107 Å². The predicted octanol–water partition coefficient (Wildman–Crippen LogP) is 6.49. The highest BCUT2D eigenvalue weighted by Crippen LogP contribution is 2.48. The van der Waals surface area contributed by atoms with Crippen LogP contribution in [0.2, 0.25) is 0 Å². The molecule has 4 atom stereocenters. The van der Waals surface area contributed by atoms with Gasteiger partial charge in [-0.3, -0.25) is 19.2 Å². The number of esters is 2. The van der Waals surface area contributed by atoms with Gasteiger partial charge >= 0.3 is 11.9 Å². The third kappa shape index (κ3) is 10.2. The number of ether oxygens (including phenoxy) is 4. The monoisotopic (exact) mass is 826 g/mol. The van der Waals surface area contributed by atoms with Crippen LogP contribution in [0.25, 0.3) is 0 Å². The van der Waals surface area contributed by atoms with Crippen LogP contribution in [0.5, 0.6) is 11.5 Å². The number of para-hydroxylation sites is 2. The van der Waals surface area contributed by atoms with Crippen molar-refractivity contribution in [3.05, 3.63) is 108 Å². The number of hydrogen-bond donors (Lipinski definition) is 0. The van der Waals surface area contributed by atoms with Gasteiger partial charge in [0.15, 0.2) is 12.2 Å². The van der Waals surface area contributed by atoms with Crippen molar-refractivity contribution in [2.75, 3.05) is 78.4 Å². The summed E-state index contributed by atoms with van der Waals surface area (Å²) in [5.41, 5.74) is 3.02. The van der Waals surface area contributed by atoms with Crippen LogP contribution < -0.4 is 19.3 Å². The number of carbonyl (C=O) groups is 4. The van der Waals surface area contributed by atoms with Crippen molar-refractivity contribution in [2.24, 2.45) is 0 Å². The Morgan fingerprint density at radius 1 is 0.569 bits per heavy atom. The molecule has 14 heteroatoms. The van der Waals surface area contributed by atoms with Crippen LogP contribution in [0, 0.1) is 0 Å². The van der Waals surface area contributed by atoms with Gasteiger partial charge in [0.05, 0.1) is 48.9 Å². The summed E-state index contributed by atoms with van der Waals surface area (Å²) in [7, 11) is 10.9. The van der Waals surface area contributed by atoms with E-state index in [0.29, 0.717) is 37.7 Å². The molecule has 2 amide bonds. The van der Waals surface area contributed by atoms with Crippen molar-refractivity contribution in [3.8, 4) is 11.5 Å². The molecule has 2 aliphatic rings. The summed E-state index contributed by atoms with van der Waals surface area (Å²) in [5, 5.41) is -1.19. The number of rotatable bonds is 15. The summed E-state index contributed by atoms with van der Waals surface area (Å²) in [6.07, 6.45) is -3.14. The highest BCUT2D eigenvalue weighted by molar-refractivity contribution is 8.00. The lowest BCUT2D eigenvalue weighted by Gasteiger charge is -2.29. The summed E-state index contributed by atoms with van der Waals surface area (Å²) < 4.78 is 22.9. The second kappa shape index (κ2) is 19.6. The molecule has 306 valence electrons. The predicted molar refractivity (Wildman–Crippen MR) is 227 cm³/mol. The molecule has 0 aromatic heterocycles. The van der Waals surface area contributed by atoms with Crippen LogP contribution in [0.3, 0.4) is 0 Å². The van der Waals surface area contributed by atoms with E-state index in [4.69, 9.17) is 18.9 Å². The van der Waals surface area contributed by atoms with Gasteiger partial charge in [-0.1, -0.05) is 48.5 Å². The third-order valence-electron chi connectivity index (χ3n) is 9.87. The van der Waals surface area contributed by atoms with Crippen LogP contribution in [0.4, 0.5) is 11.4 Å². The second-order valence-electron chi connectivity index (χ2n) is 14.5. The zero-order chi connectivity index (χ0) is 41.3. The smallest absolute Gasteiger partial charge is 0.307 e. The molecule has 2 heterocycles. The van der Waals surface area contributed by atoms with Gasteiger partial charge in [0.2, 0.25) is 0 Å². The fraction of sp³-hybridized carbons (Fsp3) is 0.364. The molecule has 0 unspecified atom stereocenters. The minimum Gasteiger partial charge on any atom is -0.497 e. The number of fused-ring (bicyclic) bond motifs is 2. The average molecular weight is 827 g/mol. The topological polar surface area (TPSA) is 118 Å². The molecule has 58 heavy (non-hydrogen) atoms. The van der Waals surface area contributed by atoms with Crippen LogP contribution in [-0.2, 0) is 28.7 Å². The number of carbonyl (C=O) groups excluding carboxylic acids is 4. The van der Waals surface area contributed by atoms with Gasteiger partial charge in [-0.15, -0.1) is 23.5 Å². The summed E-state index contributed by atoms with van der Waals surface area (Å²) >= 11 is 2.89. The third-order valence-corrected chi connectivity index (χ3v) is 12.6. The molecule has 4 aromatic rings. The van der Waals surface area contributed by atoms with Crippen molar-refractivity contribution >= 4 is 58.7 Å². The normalized spacial score (nSPS) is 19.2. The van der Waals surface area contributed by atoms with E-state index in [9.17, 15) is 19.2 Å². The summed E-state index contributed by atoms with van der Waals surface area (Å²) in [4.78, 5) is 65.6. The molecule has 0 radical (unpaired) electrons. The van der Waals surface area contributed by atoms with E-state index in [1.807, 2.05) is 135 Å². The minimum absolute atomic E-state index is 0.362. The van der Waals surface area contributed by atoms with E-state index in [1.54, 1.807) is 24.0 Å². The first-order chi connectivity index (χ1) is 28.0. The Morgan fingerprint density at radius 3 is 1.28 bits per heavy atom. The van der Waals surface area contributed by atoms with Crippen LogP contribution in [-0.4, -0.2) is 114 Å². The molecule has 0 saturated heterocycles. The standard InChI is InChI=1S/C44H50N4O8S2/c1-45(2)25-27-47-33-11-7-9-13-35(33)57-41(29-15-19-31(53-5)20-16-29)39(43(47)51)55-37(49)23-24-38(50)56-40-42(30-17-21-32(54-6)22-18-30)58-36-14-10-8-12-34(36)48(44(40)52)28-26-46(3)4/h7-22,39-42H,23-28H2,1-6H3/t39-,40-,41+,42+/m1/s1. The van der Waals surface area contributed by atoms with Crippen molar-refractivity contribution in [2.45, 2.75) is 45.3 Å². The molecule has 0 aliphatic carbocycles. The molecule has 0 saturated carbocycles. The van der Waals surface area contributed by atoms with E-state index in [-0.39, 0.29) is 24.7 Å². The van der Waals surface area contributed by atoms with E-state index in [0.717, 1.165) is 32.3 Å². The molecule has 0 spiro atoms. The molecule has 2 aliphatic heterocycles. The highest BCUT2D eigenvalue weighted by atomic mass is 32.2. The first-order valence-corrected chi connectivity index (χ1v) is 20.8. The minimum atomic E-state index is -1.21. The van der Waals surface area contributed by atoms with Gasteiger partial charge in [0.1, 0.15) is 11.5 Å². The van der Waals surface area contributed by atoms with Crippen molar-refractivity contribution < 1.29 is 38.1 Å². The van der Waals surface area contributed by atoms with E-state index >= 15 is 0 Å². The number of hydrogen-bond acceptors (Lipinski definition) is 12. The van der Waals surface area contributed by atoms with Crippen molar-refractivity contribution in [3.63, 3.8) is 0 Å². The average Bonchev–Trinajstić information content (AvgIpc) is 3.41. The van der Waals surface area contributed by atoms with Gasteiger partial charge in [-0.2, -0.15) is 0 Å². The number of nitrogens with zero attached hydrogens (tertiary/aromatic N) is 4. The SMILES string of the molecule is COc1ccc([C@@H]2Sc3ccccc3N(CCN(C)C)C(=O)[C@@H]2OC(=O)CCC(=O)O[C@H]2C(=O)N(CCN(C)C)c3ccccc3S[C@H]2c2ccc(OC)cc2)cc1. The van der Waals surface area contributed by atoms with Gasteiger partial charge in [0.25, 0.3) is 11.8 Å². The lowest BCUT2D eigenvalue weighted by molar-refractivity contribution is -0.160. The Hall–Kier alpha value is -5.02. The molecular formula is C44H50N4O8S2. The Balaban J connectivity index is 1.24. The van der Waals surface area contributed by atoms with Gasteiger partial charge in [-0.25, -0.2) is 0 Å². The molecule has 0 fully saturated rings. The maximum atomic E-state index is 14.5. The van der Waals surface area contributed by atoms with E-state index < -0.39 is 34.6 Å². The first-order valence-electron chi connectivity index (χ1n) is 19.1. The van der Waals surface area contributed by atoms with Crippen molar-refractivity contribution in [1.29, 1.82) is 0 Å². The quantitative estimate of drug-likeness (QED) is 0.122. The Labute approximate surface area is 348 Å². The lowest BCUT2D eigenvalue weighted by atomic mass is 10.0. The summed E-state index contributed by atoms with van der Waals surface area (Å²) in [6, 6.07) is 30.0. The lowest BCUT2D eigenvalue weighted by Crippen LogP contribution is -2.45. The Bertz CT molecular complexity index is 1920. The number of likely N-dealkylation sites (N-methyl/N-ethyl adjacent to an activating group) is 2. The first kappa shape index (κ1) is 42.6. The van der Waals surface area contributed by atoms with Gasteiger partial charge < -0.3 is 38.5 Å². The zero-order valence-corrected chi connectivity index (χ0v) is 35.3. The van der Waals surface area contributed by atoms with Gasteiger partial charge in [-0.05, 0) is 87.8 Å². The number of methoxy groups -OCH3 is 2. The van der Waals surface area contributed by atoms with E-state index in [2.05, 4.69) is 0 Å². The zero-order valence-electron chi connectivity index (χ0n) is 33.7. The highest BCUT2D eigenvalue weighted by Gasteiger charge is 2.43. The molecule has 4 aromatic carbocycles. The van der Waals surface area contributed by atoms with Crippen LogP contribution >= 0.6 is 23.5 Å². The summed E-state index contributed by atoms with van der Waals surface area (Å²) in [6.45, 7) is 1.91. The molecule has 0 N–H and O–H groups in total. The number of anilines is 2. The largest absolute Gasteiger partial charge is 0.497 e. The van der Waals surface area contributed by atoms with E-state index in [1.165, 1.54) is 23.5 Å². The Kier molecular flexibility index (Phi) is 14.4. The second-order valence-corrected chi connectivity index (χ2v) is 16.8. The fourth-order valence-corrected chi connectivity index (χ4v) is 9.36. The molecule has 12 nitrogen and oxygen atoms in total. The number of amides is 2. The maximum Gasteiger partial charge on any atom is 0.307 e.